The second kappa shape index (κ2) is 8.74. The van der Waals surface area contributed by atoms with Gasteiger partial charge in [-0.1, -0.05) is 23.2 Å². The van der Waals surface area contributed by atoms with E-state index in [1.54, 1.807) is 18.2 Å². The Morgan fingerprint density at radius 3 is 2.74 bits per heavy atom. The van der Waals surface area contributed by atoms with Crippen LogP contribution in [0.15, 0.2) is 18.2 Å². The first-order valence-electron chi connectivity index (χ1n) is 7.88. The number of aromatic nitrogens is 3. The van der Waals surface area contributed by atoms with Gasteiger partial charge in [-0.2, -0.15) is 15.0 Å². The summed E-state index contributed by atoms with van der Waals surface area (Å²) >= 11 is 12.3. The lowest BCUT2D eigenvalue weighted by atomic mass is 10.1. The molecule has 0 aliphatic carbocycles. The summed E-state index contributed by atoms with van der Waals surface area (Å²) in [5, 5.41) is 0.973. The molecule has 3 N–H and O–H groups in total. The molecule has 8 nitrogen and oxygen atoms in total. The SMILES string of the molecule is CS(=O)(=O)NCC1CCN(c2nc(N)nc(-c3cc(Cl)ccc3Cl)n2)C1.Cl. The number of halogens is 3. The number of hydrogen-bond donors (Lipinski definition) is 2. The molecule has 12 heteroatoms. The van der Waals surface area contributed by atoms with Crippen LogP contribution in [0.3, 0.4) is 0 Å². The number of nitrogens with one attached hydrogen (secondary N) is 1. The third kappa shape index (κ3) is 5.79. The molecule has 1 aromatic heterocycles. The average molecular weight is 454 g/mol. The van der Waals surface area contributed by atoms with Crippen molar-refractivity contribution in [2.24, 2.45) is 5.92 Å². The van der Waals surface area contributed by atoms with Gasteiger partial charge in [-0.15, -0.1) is 12.4 Å². The van der Waals surface area contributed by atoms with Crippen LogP contribution in [0.4, 0.5) is 11.9 Å². The number of anilines is 2. The van der Waals surface area contributed by atoms with Crippen molar-refractivity contribution < 1.29 is 8.42 Å². The number of nitrogens with zero attached hydrogens (tertiary/aromatic N) is 4. The largest absolute Gasteiger partial charge is 0.368 e. The maximum atomic E-state index is 11.2. The van der Waals surface area contributed by atoms with Crippen LogP contribution < -0.4 is 15.4 Å². The summed E-state index contributed by atoms with van der Waals surface area (Å²) in [4.78, 5) is 14.8. The van der Waals surface area contributed by atoms with Crippen LogP contribution in [0.1, 0.15) is 6.42 Å². The summed E-state index contributed by atoms with van der Waals surface area (Å²) < 4.78 is 25.0. The van der Waals surface area contributed by atoms with Crippen LogP contribution in [0.5, 0.6) is 0 Å². The first kappa shape index (κ1) is 21.9. The minimum Gasteiger partial charge on any atom is -0.368 e. The smallest absolute Gasteiger partial charge is 0.230 e. The van der Waals surface area contributed by atoms with Crippen LogP contribution in [0.2, 0.25) is 10.0 Å². The number of hydrogen-bond acceptors (Lipinski definition) is 7. The maximum Gasteiger partial charge on any atom is 0.230 e. The van der Waals surface area contributed by atoms with Crippen molar-refractivity contribution in [1.82, 2.24) is 19.7 Å². The number of nitrogens with two attached hydrogens (primary N) is 1. The summed E-state index contributed by atoms with van der Waals surface area (Å²) in [6, 6.07) is 5.02. The number of nitrogen functional groups attached to an aromatic ring is 1. The molecule has 0 saturated carbocycles. The molecular formula is C15H19Cl3N6O2S. The van der Waals surface area contributed by atoms with Gasteiger partial charge in [0.1, 0.15) is 0 Å². The summed E-state index contributed by atoms with van der Waals surface area (Å²) in [6.07, 6.45) is 1.97. The molecule has 1 unspecified atom stereocenters. The van der Waals surface area contributed by atoms with Crippen molar-refractivity contribution in [3.8, 4) is 11.4 Å². The van der Waals surface area contributed by atoms with Gasteiger partial charge in [-0.05, 0) is 30.5 Å². The summed E-state index contributed by atoms with van der Waals surface area (Å²) in [5.74, 6) is 1.03. The highest BCUT2D eigenvalue weighted by Gasteiger charge is 2.26. The van der Waals surface area contributed by atoms with Crippen molar-refractivity contribution in [1.29, 1.82) is 0 Å². The normalized spacial score (nSPS) is 17.0. The van der Waals surface area contributed by atoms with Crippen molar-refractivity contribution in [3.05, 3.63) is 28.2 Å². The first-order valence-corrected chi connectivity index (χ1v) is 10.5. The van der Waals surface area contributed by atoms with Crippen molar-refractivity contribution in [3.63, 3.8) is 0 Å². The number of rotatable bonds is 5. The Balaban J connectivity index is 0.00000261. The minimum atomic E-state index is -3.21. The van der Waals surface area contributed by atoms with E-state index in [2.05, 4.69) is 19.7 Å². The van der Waals surface area contributed by atoms with E-state index in [0.29, 0.717) is 47.0 Å². The molecule has 1 aliphatic heterocycles. The third-order valence-corrected chi connectivity index (χ3v) is 5.27. The van der Waals surface area contributed by atoms with E-state index in [-0.39, 0.29) is 24.3 Å². The van der Waals surface area contributed by atoms with Gasteiger partial charge < -0.3 is 10.6 Å². The highest BCUT2D eigenvalue weighted by Crippen LogP contribution is 2.30. The maximum absolute atomic E-state index is 11.2. The fourth-order valence-corrected chi connectivity index (χ4v) is 3.67. The van der Waals surface area contributed by atoms with Gasteiger partial charge in [0.25, 0.3) is 0 Å². The van der Waals surface area contributed by atoms with Crippen LogP contribution >= 0.6 is 35.6 Å². The topological polar surface area (TPSA) is 114 Å². The Morgan fingerprint density at radius 1 is 1.30 bits per heavy atom. The van der Waals surface area contributed by atoms with Gasteiger partial charge in [0.05, 0.1) is 11.3 Å². The third-order valence-electron chi connectivity index (χ3n) is 4.01. The van der Waals surface area contributed by atoms with Crippen molar-refractivity contribution in [2.45, 2.75) is 6.42 Å². The van der Waals surface area contributed by atoms with E-state index in [9.17, 15) is 8.42 Å². The molecule has 27 heavy (non-hydrogen) atoms. The Hall–Kier alpha value is -1.39. The molecule has 2 heterocycles. The molecule has 1 aromatic carbocycles. The van der Waals surface area contributed by atoms with Crippen LogP contribution in [0, 0.1) is 5.92 Å². The predicted molar refractivity (Wildman–Crippen MR) is 110 cm³/mol. The highest BCUT2D eigenvalue weighted by molar-refractivity contribution is 7.88. The molecule has 1 aliphatic rings. The van der Waals surface area contributed by atoms with Crippen LogP contribution in [0.25, 0.3) is 11.4 Å². The zero-order valence-electron chi connectivity index (χ0n) is 14.4. The molecule has 1 fully saturated rings. The van der Waals surface area contributed by atoms with Gasteiger partial charge in [-0.25, -0.2) is 13.1 Å². The molecule has 0 spiro atoms. The molecule has 1 saturated heterocycles. The van der Waals surface area contributed by atoms with Gasteiger partial charge >= 0.3 is 0 Å². The summed E-state index contributed by atoms with van der Waals surface area (Å²) in [5.41, 5.74) is 6.42. The fraction of sp³-hybridized carbons (Fsp3) is 0.400. The minimum absolute atomic E-state index is 0. The molecule has 0 bridgehead atoms. The average Bonchev–Trinajstić information content (AvgIpc) is 3.03. The quantitative estimate of drug-likeness (QED) is 0.713. The monoisotopic (exact) mass is 452 g/mol. The van der Waals surface area contributed by atoms with Gasteiger partial charge in [0.15, 0.2) is 5.82 Å². The summed E-state index contributed by atoms with van der Waals surface area (Å²) in [7, 11) is -3.21. The lowest BCUT2D eigenvalue weighted by molar-refractivity contribution is 0.545. The van der Waals surface area contributed by atoms with E-state index >= 15 is 0 Å². The molecule has 0 radical (unpaired) electrons. The zero-order valence-corrected chi connectivity index (χ0v) is 17.5. The van der Waals surface area contributed by atoms with Gasteiger partial charge in [0, 0.05) is 30.2 Å². The zero-order chi connectivity index (χ0) is 18.9. The molecule has 2 aromatic rings. The van der Waals surface area contributed by atoms with E-state index in [0.717, 1.165) is 12.7 Å². The van der Waals surface area contributed by atoms with E-state index < -0.39 is 10.0 Å². The second-order valence-electron chi connectivity index (χ2n) is 6.16. The molecule has 1 atom stereocenters. The predicted octanol–water partition coefficient (Wildman–Crippen LogP) is 2.22. The Kier molecular flexibility index (Phi) is 7.09. The molecule has 3 rings (SSSR count). The van der Waals surface area contributed by atoms with E-state index in [4.69, 9.17) is 28.9 Å². The van der Waals surface area contributed by atoms with Crippen LogP contribution in [-0.2, 0) is 10.0 Å². The Labute approximate surface area is 174 Å². The van der Waals surface area contributed by atoms with Gasteiger partial charge in [-0.3, -0.25) is 0 Å². The Bertz CT molecular complexity index is 928. The van der Waals surface area contributed by atoms with Gasteiger partial charge in [0.2, 0.25) is 21.9 Å². The first-order chi connectivity index (χ1) is 12.2. The number of benzene rings is 1. The van der Waals surface area contributed by atoms with Crippen LogP contribution in [-0.4, -0.2) is 49.3 Å². The second-order valence-corrected chi connectivity index (χ2v) is 8.84. The fourth-order valence-electron chi connectivity index (χ4n) is 2.76. The lowest BCUT2D eigenvalue weighted by Gasteiger charge is -2.17. The van der Waals surface area contributed by atoms with Crippen molar-refractivity contribution in [2.75, 3.05) is 36.5 Å². The number of sulfonamides is 1. The lowest BCUT2D eigenvalue weighted by Crippen LogP contribution is -2.30. The van der Waals surface area contributed by atoms with E-state index in [1.165, 1.54) is 0 Å². The Morgan fingerprint density at radius 2 is 2.04 bits per heavy atom. The molecular weight excluding hydrogens is 435 g/mol. The molecule has 148 valence electrons. The summed E-state index contributed by atoms with van der Waals surface area (Å²) in [6.45, 7) is 1.69. The highest BCUT2D eigenvalue weighted by atomic mass is 35.5. The standard InChI is InChI=1S/C15H18Cl2N6O2S.ClH/c1-26(24,25)19-7-9-4-5-23(8-9)15-21-13(20-14(18)22-15)11-6-10(16)2-3-12(11)17;/h2-3,6,9,19H,4-5,7-8H2,1H3,(H2,18,20,21,22);1H. The molecule has 0 amide bonds. The van der Waals surface area contributed by atoms with E-state index in [1.807, 2.05) is 4.90 Å². The van der Waals surface area contributed by atoms with Crippen molar-refractivity contribution >= 4 is 57.5 Å².